The first-order valence-electron chi connectivity index (χ1n) is 6.29. The van der Waals surface area contributed by atoms with Crippen molar-refractivity contribution in [1.29, 1.82) is 0 Å². The summed E-state index contributed by atoms with van der Waals surface area (Å²) in [5.74, 6) is 0. The molecule has 1 atom stereocenters. The zero-order chi connectivity index (χ0) is 11.4. The van der Waals surface area contributed by atoms with Gasteiger partial charge in [-0.15, -0.1) is 0 Å². The molecule has 1 aromatic rings. The second-order valence-electron chi connectivity index (χ2n) is 4.69. The van der Waals surface area contributed by atoms with Crippen LogP contribution in [-0.4, -0.2) is 25.0 Å². The molecule has 16 heavy (non-hydrogen) atoms. The second kappa shape index (κ2) is 5.46. The SMILES string of the molecule is CNCc1ccc([C@H](C)N2CCCC2)cc1. The van der Waals surface area contributed by atoms with Gasteiger partial charge in [-0.2, -0.15) is 0 Å². The molecule has 1 aliphatic heterocycles. The Bertz CT molecular complexity index is 312. The van der Waals surface area contributed by atoms with Gasteiger partial charge in [0.2, 0.25) is 0 Å². The fraction of sp³-hybridized carbons (Fsp3) is 0.571. The van der Waals surface area contributed by atoms with Gasteiger partial charge in [0.1, 0.15) is 0 Å². The number of nitrogens with one attached hydrogen (secondary N) is 1. The van der Waals surface area contributed by atoms with Crippen molar-refractivity contribution in [3.05, 3.63) is 35.4 Å². The lowest BCUT2D eigenvalue weighted by Crippen LogP contribution is -2.23. The summed E-state index contributed by atoms with van der Waals surface area (Å²) in [7, 11) is 1.99. The molecule has 2 nitrogen and oxygen atoms in total. The van der Waals surface area contributed by atoms with Crippen molar-refractivity contribution in [2.75, 3.05) is 20.1 Å². The summed E-state index contributed by atoms with van der Waals surface area (Å²) in [6.45, 7) is 5.80. The fourth-order valence-electron chi connectivity index (χ4n) is 2.46. The third kappa shape index (κ3) is 2.63. The maximum absolute atomic E-state index is 3.18. The van der Waals surface area contributed by atoms with Crippen LogP contribution >= 0.6 is 0 Å². The summed E-state index contributed by atoms with van der Waals surface area (Å²) in [5.41, 5.74) is 2.81. The van der Waals surface area contributed by atoms with Crippen molar-refractivity contribution in [3.63, 3.8) is 0 Å². The highest BCUT2D eigenvalue weighted by atomic mass is 15.2. The van der Waals surface area contributed by atoms with E-state index in [2.05, 4.69) is 41.4 Å². The van der Waals surface area contributed by atoms with Gasteiger partial charge in [0.15, 0.2) is 0 Å². The third-order valence-corrected chi connectivity index (χ3v) is 3.53. The maximum atomic E-state index is 3.18. The van der Waals surface area contributed by atoms with Crippen LogP contribution in [0.15, 0.2) is 24.3 Å². The van der Waals surface area contributed by atoms with Gasteiger partial charge < -0.3 is 5.32 Å². The molecule has 1 N–H and O–H groups in total. The van der Waals surface area contributed by atoms with Gasteiger partial charge in [0, 0.05) is 12.6 Å². The van der Waals surface area contributed by atoms with E-state index in [9.17, 15) is 0 Å². The minimum atomic E-state index is 0.575. The molecule has 0 saturated carbocycles. The molecule has 0 aromatic heterocycles. The van der Waals surface area contributed by atoms with Crippen LogP contribution in [0, 0.1) is 0 Å². The Morgan fingerprint density at radius 1 is 1.19 bits per heavy atom. The van der Waals surface area contributed by atoms with Crippen LogP contribution in [0.25, 0.3) is 0 Å². The number of hydrogen-bond donors (Lipinski definition) is 1. The lowest BCUT2D eigenvalue weighted by atomic mass is 10.1. The average molecular weight is 218 g/mol. The summed E-state index contributed by atoms with van der Waals surface area (Å²) in [4.78, 5) is 2.58. The zero-order valence-electron chi connectivity index (χ0n) is 10.4. The first-order valence-corrected chi connectivity index (χ1v) is 6.29. The summed E-state index contributed by atoms with van der Waals surface area (Å²) in [5, 5.41) is 3.18. The molecular formula is C14H22N2. The molecule has 2 heteroatoms. The molecule has 1 saturated heterocycles. The Kier molecular flexibility index (Phi) is 3.97. The molecule has 88 valence electrons. The Hall–Kier alpha value is -0.860. The monoisotopic (exact) mass is 218 g/mol. The summed E-state index contributed by atoms with van der Waals surface area (Å²) in [6, 6.07) is 9.59. The number of benzene rings is 1. The van der Waals surface area contributed by atoms with Crippen molar-refractivity contribution < 1.29 is 0 Å². The molecular weight excluding hydrogens is 196 g/mol. The molecule has 1 aliphatic rings. The summed E-state index contributed by atoms with van der Waals surface area (Å²) in [6.07, 6.45) is 2.73. The molecule has 2 rings (SSSR count). The van der Waals surface area contributed by atoms with E-state index >= 15 is 0 Å². The average Bonchev–Trinajstić information content (AvgIpc) is 2.83. The van der Waals surface area contributed by atoms with Gasteiger partial charge in [0.25, 0.3) is 0 Å². The van der Waals surface area contributed by atoms with Crippen molar-refractivity contribution in [3.8, 4) is 0 Å². The lowest BCUT2D eigenvalue weighted by Gasteiger charge is -2.24. The Labute approximate surface area is 98.7 Å². The van der Waals surface area contributed by atoms with Crippen LogP contribution in [0.2, 0.25) is 0 Å². The van der Waals surface area contributed by atoms with Gasteiger partial charge >= 0.3 is 0 Å². The van der Waals surface area contributed by atoms with Gasteiger partial charge in [-0.3, -0.25) is 4.90 Å². The predicted octanol–water partition coefficient (Wildman–Crippen LogP) is 2.56. The van der Waals surface area contributed by atoms with Crippen LogP contribution in [-0.2, 0) is 6.54 Å². The highest BCUT2D eigenvalue weighted by molar-refractivity contribution is 5.24. The second-order valence-corrected chi connectivity index (χ2v) is 4.69. The summed E-state index contributed by atoms with van der Waals surface area (Å²) < 4.78 is 0. The summed E-state index contributed by atoms with van der Waals surface area (Å²) >= 11 is 0. The Morgan fingerprint density at radius 3 is 2.38 bits per heavy atom. The largest absolute Gasteiger partial charge is 0.316 e. The van der Waals surface area contributed by atoms with Crippen LogP contribution < -0.4 is 5.32 Å². The molecule has 0 aliphatic carbocycles. The Balaban J connectivity index is 2.02. The van der Waals surface area contributed by atoms with E-state index in [1.54, 1.807) is 0 Å². The van der Waals surface area contributed by atoms with E-state index in [0.717, 1.165) is 6.54 Å². The van der Waals surface area contributed by atoms with Crippen molar-refractivity contribution in [2.24, 2.45) is 0 Å². The minimum absolute atomic E-state index is 0.575. The van der Waals surface area contributed by atoms with Crippen molar-refractivity contribution in [1.82, 2.24) is 10.2 Å². The first-order chi connectivity index (χ1) is 7.81. The molecule has 0 radical (unpaired) electrons. The van der Waals surface area contributed by atoms with Gasteiger partial charge in [-0.1, -0.05) is 24.3 Å². The highest BCUT2D eigenvalue weighted by Gasteiger charge is 2.18. The van der Waals surface area contributed by atoms with Crippen LogP contribution in [0.5, 0.6) is 0 Å². The standard InChI is InChI=1S/C14H22N2/c1-12(16-9-3-4-10-16)14-7-5-13(6-8-14)11-15-2/h5-8,12,15H,3-4,9-11H2,1-2H3/t12-/m0/s1. The molecule has 0 bridgehead atoms. The minimum Gasteiger partial charge on any atom is -0.316 e. The number of likely N-dealkylation sites (tertiary alicyclic amines) is 1. The van der Waals surface area contributed by atoms with Gasteiger partial charge in [0.05, 0.1) is 0 Å². The first kappa shape index (κ1) is 11.6. The van der Waals surface area contributed by atoms with Crippen molar-refractivity contribution in [2.45, 2.75) is 32.4 Å². The maximum Gasteiger partial charge on any atom is 0.0319 e. The van der Waals surface area contributed by atoms with E-state index in [1.807, 2.05) is 7.05 Å². The van der Waals surface area contributed by atoms with E-state index in [4.69, 9.17) is 0 Å². The molecule has 1 fully saturated rings. The van der Waals surface area contributed by atoms with E-state index in [-0.39, 0.29) is 0 Å². The molecule has 1 heterocycles. The van der Waals surface area contributed by atoms with Gasteiger partial charge in [-0.05, 0) is 51.0 Å². The third-order valence-electron chi connectivity index (χ3n) is 3.53. The number of hydrogen-bond acceptors (Lipinski definition) is 2. The zero-order valence-corrected chi connectivity index (χ0v) is 10.4. The fourth-order valence-corrected chi connectivity index (χ4v) is 2.46. The molecule has 1 aromatic carbocycles. The van der Waals surface area contributed by atoms with E-state index in [1.165, 1.54) is 37.1 Å². The molecule has 0 amide bonds. The predicted molar refractivity (Wildman–Crippen MR) is 68.4 cm³/mol. The lowest BCUT2D eigenvalue weighted by molar-refractivity contribution is 0.263. The Morgan fingerprint density at radius 2 is 1.81 bits per heavy atom. The normalized spacial score (nSPS) is 18.9. The number of rotatable bonds is 4. The van der Waals surface area contributed by atoms with Crippen molar-refractivity contribution >= 4 is 0 Å². The smallest absolute Gasteiger partial charge is 0.0319 e. The highest BCUT2D eigenvalue weighted by Crippen LogP contribution is 2.24. The number of nitrogens with zero attached hydrogens (tertiary/aromatic N) is 1. The topological polar surface area (TPSA) is 15.3 Å². The van der Waals surface area contributed by atoms with Crippen LogP contribution in [0.4, 0.5) is 0 Å². The van der Waals surface area contributed by atoms with Crippen LogP contribution in [0.1, 0.15) is 36.9 Å². The van der Waals surface area contributed by atoms with E-state index in [0.29, 0.717) is 6.04 Å². The quantitative estimate of drug-likeness (QED) is 0.835. The molecule has 0 unspecified atom stereocenters. The molecule has 0 spiro atoms. The van der Waals surface area contributed by atoms with Crippen LogP contribution in [0.3, 0.4) is 0 Å². The van der Waals surface area contributed by atoms with Gasteiger partial charge in [-0.25, -0.2) is 0 Å². The van der Waals surface area contributed by atoms with E-state index < -0.39 is 0 Å².